The average molecular weight is 473 g/mol. The van der Waals surface area contributed by atoms with E-state index >= 15 is 0 Å². The molecule has 4 N–H and O–H groups in total. The molecule has 8 nitrogen and oxygen atoms in total. The van der Waals surface area contributed by atoms with Crippen LogP contribution in [0.1, 0.15) is 40.0 Å². The first-order valence-corrected chi connectivity index (χ1v) is 10.8. The van der Waals surface area contributed by atoms with Crippen molar-refractivity contribution in [2.45, 2.75) is 51.2 Å². The van der Waals surface area contributed by atoms with Crippen molar-refractivity contribution in [2.75, 3.05) is 31.1 Å². The van der Waals surface area contributed by atoms with Crippen LogP contribution in [0.25, 0.3) is 0 Å². The zero-order chi connectivity index (χ0) is 23.4. The molecule has 0 bridgehead atoms. The van der Waals surface area contributed by atoms with Crippen LogP contribution in [0.5, 0.6) is 0 Å². The van der Waals surface area contributed by atoms with Crippen molar-refractivity contribution in [2.24, 2.45) is 11.5 Å². The number of carbonyl (C=O) groups excluding carboxylic acids is 3. The molecular weight excluding hydrogens is 443 g/mol. The van der Waals surface area contributed by atoms with Crippen molar-refractivity contribution >= 4 is 46.7 Å². The van der Waals surface area contributed by atoms with Gasteiger partial charge < -0.3 is 26.0 Å². The first-order chi connectivity index (χ1) is 14.3. The Bertz CT molecular complexity index is 815. The highest BCUT2D eigenvalue weighted by atomic mass is 35.5. The number of rotatable bonds is 7. The Kier molecular flexibility index (Phi) is 8.19. The quantitative estimate of drug-likeness (QED) is 0.587. The fourth-order valence-corrected chi connectivity index (χ4v) is 3.87. The maximum absolute atomic E-state index is 12.7. The van der Waals surface area contributed by atoms with Crippen molar-refractivity contribution in [3.63, 3.8) is 0 Å². The highest BCUT2D eigenvalue weighted by Crippen LogP contribution is 2.26. The predicted molar refractivity (Wildman–Crippen MR) is 121 cm³/mol. The molecule has 1 heterocycles. The van der Waals surface area contributed by atoms with Crippen molar-refractivity contribution in [1.29, 1.82) is 0 Å². The summed E-state index contributed by atoms with van der Waals surface area (Å²) in [7, 11) is 0. The third-order valence-corrected chi connectivity index (χ3v) is 5.44. The average Bonchev–Trinajstić information content (AvgIpc) is 2.63. The number of amides is 2. The van der Waals surface area contributed by atoms with Gasteiger partial charge in [-0.3, -0.25) is 14.4 Å². The molecule has 0 radical (unpaired) electrons. The molecule has 1 aliphatic heterocycles. The molecule has 172 valence electrons. The van der Waals surface area contributed by atoms with E-state index in [1.165, 1.54) is 0 Å². The molecule has 1 unspecified atom stereocenters. The summed E-state index contributed by atoms with van der Waals surface area (Å²) < 4.78 is 5.23. The minimum Gasteiger partial charge on any atom is -0.460 e. The number of hydrogen-bond donors (Lipinski definition) is 2. The molecule has 0 aromatic heterocycles. The van der Waals surface area contributed by atoms with E-state index in [4.69, 9.17) is 39.4 Å². The Morgan fingerprint density at radius 2 is 1.58 bits per heavy atom. The Labute approximate surface area is 192 Å². The molecule has 1 atom stereocenters. The second-order valence-corrected chi connectivity index (χ2v) is 9.65. The zero-order valence-electron chi connectivity index (χ0n) is 18.1. The monoisotopic (exact) mass is 472 g/mol. The molecule has 1 aromatic carbocycles. The number of ether oxygens (including phenoxy) is 1. The molecule has 1 aromatic rings. The first-order valence-electron chi connectivity index (χ1n) is 10.1. The lowest BCUT2D eigenvalue weighted by Crippen LogP contribution is -2.55. The molecule has 0 spiro atoms. The minimum atomic E-state index is -1.64. The van der Waals surface area contributed by atoms with Gasteiger partial charge in [-0.05, 0) is 45.4 Å². The molecule has 31 heavy (non-hydrogen) atoms. The number of nitrogens with zero attached hydrogens (tertiary/aromatic N) is 2. The molecule has 1 saturated heterocycles. The summed E-state index contributed by atoms with van der Waals surface area (Å²) in [5, 5.41) is 1.11. The molecular formula is C21H30Cl2N4O4. The number of halogens is 2. The Morgan fingerprint density at radius 3 is 2.06 bits per heavy atom. The second kappa shape index (κ2) is 10.1. The minimum absolute atomic E-state index is 0.00519. The van der Waals surface area contributed by atoms with Crippen LogP contribution in [0.4, 0.5) is 5.69 Å². The predicted octanol–water partition coefficient (Wildman–Crippen LogP) is 2.34. The van der Waals surface area contributed by atoms with Gasteiger partial charge in [0.2, 0.25) is 11.8 Å². The van der Waals surface area contributed by atoms with Crippen LogP contribution < -0.4 is 16.4 Å². The van der Waals surface area contributed by atoms with Crippen molar-refractivity contribution < 1.29 is 19.1 Å². The van der Waals surface area contributed by atoms with Crippen LogP contribution in [0.2, 0.25) is 10.0 Å². The van der Waals surface area contributed by atoms with Crippen LogP contribution in [0, 0.1) is 0 Å². The number of benzene rings is 1. The summed E-state index contributed by atoms with van der Waals surface area (Å²) in [5.74, 6) is -1.62. The smallest absolute Gasteiger partial charge is 0.308 e. The summed E-state index contributed by atoms with van der Waals surface area (Å²) in [6.07, 6.45) is -0.411. The van der Waals surface area contributed by atoms with Crippen molar-refractivity contribution in [3.05, 3.63) is 28.2 Å². The lowest BCUT2D eigenvalue weighted by molar-refractivity contribution is -0.158. The molecule has 1 fully saturated rings. The van der Waals surface area contributed by atoms with Crippen LogP contribution in [-0.2, 0) is 19.1 Å². The van der Waals surface area contributed by atoms with Gasteiger partial charge in [-0.25, -0.2) is 0 Å². The van der Waals surface area contributed by atoms with E-state index in [1.807, 2.05) is 12.1 Å². The normalized spacial score (nSPS) is 16.6. The Morgan fingerprint density at radius 1 is 1.03 bits per heavy atom. The van der Waals surface area contributed by atoms with E-state index in [0.29, 0.717) is 36.2 Å². The van der Waals surface area contributed by atoms with Gasteiger partial charge >= 0.3 is 5.97 Å². The van der Waals surface area contributed by atoms with Crippen LogP contribution in [0.15, 0.2) is 18.2 Å². The summed E-state index contributed by atoms with van der Waals surface area (Å²) in [6.45, 7) is 7.38. The molecule has 10 heteroatoms. The molecule has 0 saturated carbocycles. The molecule has 2 amide bonds. The summed E-state index contributed by atoms with van der Waals surface area (Å²) >= 11 is 12.1. The third kappa shape index (κ3) is 7.55. The Hall–Kier alpha value is -2.03. The maximum Gasteiger partial charge on any atom is 0.308 e. The highest BCUT2D eigenvalue weighted by Gasteiger charge is 2.37. The van der Waals surface area contributed by atoms with E-state index in [2.05, 4.69) is 4.90 Å². The fourth-order valence-electron chi connectivity index (χ4n) is 3.36. The van der Waals surface area contributed by atoms with Crippen molar-refractivity contribution in [3.8, 4) is 0 Å². The third-order valence-electron chi connectivity index (χ3n) is 5.00. The maximum atomic E-state index is 12.7. The number of nitrogens with two attached hydrogens (primary N) is 2. The number of primary amides is 1. The number of hydrogen-bond acceptors (Lipinski definition) is 6. The fraction of sp³-hybridized carbons (Fsp3) is 0.571. The largest absolute Gasteiger partial charge is 0.460 e. The van der Waals surface area contributed by atoms with E-state index in [9.17, 15) is 14.4 Å². The number of esters is 1. The van der Waals surface area contributed by atoms with E-state index in [0.717, 1.165) is 5.69 Å². The number of piperazine rings is 1. The van der Waals surface area contributed by atoms with E-state index < -0.39 is 23.0 Å². The number of anilines is 1. The van der Waals surface area contributed by atoms with E-state index in [1.54, 1.807) is 31.7 Å². The lowest BCUT2D eigenvalue weighted by atomic mass is 9.89. The number of carbonyl (C=O) groups is 3. The van der Waals surface area contributed by atoms with Gasteiger partial charge in [0.05, 0.1) is 6.42 Å². The molecule has 0 aliphatic carbocycles. The Balaban J connectivity index is 1.91. The van der Waals surface area contributed by atoms with Crippen LogP contribution in [0.3, 0.4) is 0 Å². The van der Waals surface area contributed by atoms with Gasteiger partial charge in [0.1, 0.15) is 11.1 Å². The van der Waals surface area contributed by atoms with Gasteiger partial charge in [-0.1, -0.05) is 23.2 Å². The standard InChI is InChI=1S/C21H30Cl2N4O4/c1-20(2,3)31-18(29)13-21(25,19(24)30)5-4-17(28)27-8-6-26(7-9-27)16-11-14(22)10-15(23)12-16/h10-12H,4-9,13,25H2,1-3H3,(H2,24,30). The second-order valence-electron chi connectivity index (χ2n) is 8.78. The summed E-state index contributed by atoms with van der Waals surface area (Å²) in [4.78, 5) is 40.5. The van der Waals surface area contributed by atoms with E-state index in [-0.39, 0.29) is 25.2 Å². The van der Waals surface area contributed by atoms with Gasteiger partial charge in [0.25, 0.3) is 0 Å². The van der Waals surface area contributed by atoms with Gasteiger partial charge in [0.15, 0.2) is 0 Å². The molecule has 1 aliphatic rings. The van der Waals surface area contributed by atoms with Gasteiger partial charge in [-0.15, -0.1) is 0 Å². The molecule has 2 rings (SSSR count). The topological polar surface area (TPSA) is 119 Å². The lowest BCUT2D eigenvalue weighted by Gasteiger charge is -2.36. The SMILES string of the molecule is CC(C)(C)OC(=O)CC(N)(CCC(=O)N1CCN(c2cc(Cl)cc(Cl)c2)CC1)C(N)=O. The van der Waals surface area contributed by atoms with Gasteiger partial charge in [-0.2, -0.15) is 0 Å². The van der Waals surface area contributed by atoms with Crippen molar-refractivity contribution in [1.82, 2.24) is 4.90 Å². The summed E-state index contributed by atoms with van der Waals surface area (Å²) in [6, 6.07) is 5.33. The summed E-state index contributed by atoms with van der Waals surface area (Å²) in [5.41, 5.74) is 10.1. The van der Waals surface area contributed by atoms with Gasteiger partial charge in [0, 0.05) is 48.3 Å². The highest BCUT2D eigenvalue weighted by molar-refractivity contribution is 6.35. The van der Waals surface area contributed by atoms with Crippen LogP contribution in [-0.4, -0.2) is 60.0 Å². The first kappa shape index (κ1) is 25.2. The van der Waals surface area contributed by atoms with Crippen LogP contribution >= 0.6 is 23.2 Å². The zero-order valence-corrected chi connectivity index (χ0v) is 19.6.